The summed E-state index contributed by atoms with van der Waals surface area (Å²) in [6.07, 6.45) is 4.40. The van der Waals surface area contributed by atoms with Gasteiger partial charge in [-0.15, -0.1) is 0 Å². The van der Waals surface area contributed by atoms with Crippen molar-refractivity contribution < 1.29 is 0 Å². The SMILES string of the molecule is CC1CCCC1CNC1CSC1. The zero-order valence-electron chi connectivity index (χ0n) is 7.88. The Hall–Kier alpha value is 0.310. The van der Waals surface area contributed by atoms with E-state index in [0.717, 1.165) is 17.9 Å². The van der Waals surface area contributed by atoms with E-state index in [-0.39, 0.29) is 0 Å². The van der Waals surface area contributed by atoms with Crippen LogP contribution in [0.5, 0.6) is 0 Å². The summed E-state index contributed by atoms with van der Waals surface area (Å²) in [5, 5.41) is 3.67. The van der Waals surface area contributed by atoms with E-state index in [9.17, 15) is 0 Å². The van der Waals surface area contributed by atoms with Gasteiger partial charge in [0.25, 0.3) is 0 Å². The van der Waals surface area contributed by atoms with Crippen LogP contribution in [-0.2, 0) is 0 Å². The molecule has 0 aromatic carbocycles. The van der Waals surface area contributed by atoms with Gasteiger partial charge in [0.15, 0.2) is 0 Å². The van der Waals surface area contributed by atoms with E-state index in [2.05, 4.69) is 24.0 Å². The Bertz CT molecular complexity index is 145. The van der Waals surface area contributed by atoms with Crippen LogP contribution in [0.2, 0.25) is 0 Å². The van der Waals surface area contributed by atoms with Crippen molar-refractivity contribution in [2.45, 2.75) is 32.2 Å². The molecule has 1 heterocycles. The van der Waals surface area contributed by atoms with E-state index in [0.29, 0.717) is 0 Å². The van der Waals surface area contributed by atoms with Crippen molar-refractivity contribution >= 4 is 11.8 Å². The fourth-order valence-electron chi connectivity index (χ4n) is 2.20. The minimum atomic E-state index is 0.850. The van der Waals surface area contributed by atoms with Gasteiger partial charge in [0, 0.05) is 17.5 Å². The molecule has 1 aliphatic carbocycles. The second-order valence-corrected chi connectivity index (χ2v) is 5.39. The molecule has 70 valence electrons. The molecule has 1 nitrogen and oxygen atoms in total. The first-order valence-electron chi connectivity index (χ1n) is 5.17. The largest absolute Gasteiger partial charge is 0.312 e. The summed E-state index contributed by atoms with van der Waals surface area (Å²) in [5.74, 6) is 4.66. The van der Waals surface area contributed by atoms with E-state index in [4.69, 9.17) is 0 Å². The molecule has 1 N–H and O–H groups in total. The third-order valence-corrected chi connectivity index (χ3v) is 4.62. The minimum absolute atomic E-state index is 0.850. The van der Waals surface area contributed by atoms with Gasteiger partial charge in [-0.2, -0.15) is 11.8 Å². The Morgan fingerprint density at radius 2 is 2.17 bits per heavy atom. The third kappa shape index (κ3) is 1.97. The summed E-state index contributed by atoms with van der Waals surface area (Å²) < 4.78 is 0. The van der Waals surface area contributed by atoms with Crippen molar-refractivity contribution in [1.82, 2.24) is 5.32 Å². The van der Waals surface area contributed by atoms with Crippen molar-refractivity contribution in [1.29, 1.82) is 0 Å². The maximum absolute atomic E-state index is 3.67. The number of rotatable bonds is 3. The standard InChI is InChI=1S/C10H19NS/c1-8-3-2-4-9(8)5-11-10-6-12-7-10/h8-11H,2-7H2,1H3. The van der Waals surface area contributed by atoms with Crippen LogP contribution in [0.4, 0.5) is 0 Å². The van der Waals surface area contributed by atoms with E-state index in [1.807, 2.05) is 0 Å². The topological polar surface area (TPSA) is 12.0 Å². The molecule has 0 aromatic heterocycles. The highest BCUT2D eigenvalue weighted by Crippen LogP contribution is 2.30. The predicted octanol–water partition coefficient (Wildman–Crippen LogP) is 2.13. The lowest BCUT2D eigenvalue weighted by Gasteiger charge is -2.28. The molecule has 1 aliphatic heterocycles. The first kappa shape index (κ1) is 8.89. The Kier molecular flexibility index (Phi) is 2.97. The number of hydrogen-bond donors (Lipinski definition) is 1. The molecule has 2 atom stereocenters. The van der Waals surface area contributed by atoms with Crippen molar-refractivity contribution in [3.05, 3.63) is 0 Å². The van der Waals surface area contributed by atoms with Crippen LogP contribution in [-0.4, -0.2) is 24.1 Å². The van der Waals surface area contributed by atoms with Gasteiger partial charge >= 0.3 is 0 Å². The van der Waals surface area contributed by atoms with Gasteiger partial charge in [-0.1, -0.05) is 19.8 Å². The van der Waals surface area contributed by atoms with Crippen LogP contribution in [0.3, 0.4) is 0 Å². The summed E-state index contributed by atoms with van der Waals surface area (Å²) in [4.78, 5) is 0. The van der Waals surface area contributed by atoms with Gasteiger partial charge in [0.1, 0.15) is 0 Å². The molecule has 2 unspecified atom stereocenters. The van der Waals surface area contributed by atoms with E-state index in [1.165, 1.54) is 37.3 Å². The first-order valence-corrected chi connectivity index (χ1v) is 6.33. The van der Waals surface area contributed by atoms with Gasteiger partial charge in [0.05, 0.1) is 0 Å². The Labute approximate surface area is 79.7 Å². The predicted molar refractivity (Wildman–Crippen MR) is 55.6 cm³/mol. The molecule has 0 radical (unpaired) electrons. The van der Waals surface area contributed by atoms with Crippen LogP contribution in [0.15, 0.2) is 0 Å². The second kappa shape index (κ2) is 4.01. The molecule has 0 bridgehead atoms. The fraction of sp³-hybridized carbons (Fsp3) is 1.00. The molecule has 12 heavy (non-hydrogen) atoms. The Morgan fingerprint density at radius 3 is 2.67 bits per heavy atom. The van der Waals surface area contributed by atoms with Crippen LogP contribution < -0.4 is 5.32 Å². The smallest absolute Gasteiger partial charge is 0.0248 e. The third-order valence-electron chi connectivity index (χ3n) is 3.35. The maximum atomic E-state index is 3.67. The van der Waals surface area contributed by atoms with Gasteiger partial charge in [-0.05, 0) is 24.8 Å². The maximum Gasteiger partial charge on any atom is 0.0248 e. The zero-order chi connectivity index (χ0) is 8.39. The number of thioether (sulfide) groups is 1. The summed E-state index contributed by atoms with van der Waals surface area (Å²) in [5.41, 5.74) is 0. The quantitative estimate of drug-likeness (QED) is 0.723. The normalized spacial score (nSPS) is 36.8. The van der Waals surface area contributed by atoms with Gasteiger partial charge in [0.2, 0.25) is 0 Å². The fourth-order valence-corrected chi connectivity index (χ4v) is 2.90. The lowest BCUT2D eigenvalue weighted by Crippen LogP contribution is -2.42. The van der Waals surface area contributed by atoms with E-state index in [1.54, 1.807) is 0 Å². The highest BCUT2D eigenvalue weighted by Gasteiger charge is 2.25. The van der Waals surface area contributed by atoms with E-state index >= 15 is 0 Å². The lowest BCUT2D eigenvalue weighted by molar-refractivity contribution is 0.378. The highest BCUT2D eigenvalue weighted by molar-refractivity contribution is 8.00. The molecule has 0 spiro atoms. The average Bonchev–Trinajstić information content (AvgIpc) is 2.33. The molecule has 2 fully saturated rings. The molecule has 0 aromatic rings. The number of nitrogens with one attached hydrogen (secondary N) is 1. The molecule has 1 saturated carbocycles. The van der Waals surface area contributed by atoms with Crippen LogP contribution in [0.1, 0.15) is 26.2 Å². The lowest BCUT2D eigenvalue weighted by atomic mass is 9.98. The molecule has 0 amide bonds. The summed E-state index contributed by atoms with van der Waals surface area (Å²) in [6, 6.07) is 0.850. The molecular formula is C10H19NS. The Balaban J connectivity index is 1.64. The number of hydrogen-bond acceptors (Lipinski definition) is 2. The molecule has 1 saturated heterocycles. The van der Waals surface area contributed by atoms with Crippen molar-refractivity contribution in [2.75, 3.05) is 18.1 Å². The molecule has 2 aliphatic rings. The van der Waals surface area contributed by atoms with E-state index < -0.39 is 0 Å². The molecular weight excluding hydrogens is 166 g/mol. The monoisotopic (exact) mass is 185 g/mol. The first-order chi connectivity index (χ1) is 5.86. The van der Waals surface area contributed by atoms with Crippen LogP contribution in [0, 0.1) is 11.8 Å². The molecule has 2 rings (SSSR count). The zero-order valence-corrected chi connectivity index (χ0v) is 8.70. The molecule has 2 heteroatoms. The van der Waals surface area contributed by atoms with Crippen LogP contribution >= 0.6 is 11.8 Å². The van der Waals surface area contributed by atoms with Crippen molar-refractivity contribution in [3.63, 3.8) is 0 Å². The van der Waals surface area contributed by atoms with Crippen LogP contribution in [0.25, 0.3) is 0 Å². The second-order valence-electron chi connectivity index (χ2n) is 4.31. The van der Waals surface area contributed by atoms with Crippen molar-refractivity contribution in [2.24, 2.45) is 11.8 Å². The Morgan fingerprint density at radius 1 is 1.33 bits per heavy atom. The minimum Gasteiger partial charge on any atom is -0.312 e. The highest BCUT2D eigenvalue weighted by atomic mass is 32.2. The average molecular weight is 185 g/mol. The summed E-state index contributed by atoms with van der Waals surface area (Å²) in [6.45, 7) is 3.70. The summed E-state index contributed by atoms with van der Waals surface area (Å²) >= 11 is 2.07. The summed E-state index contributed by atoms with van der Waals surface area (Å²) in [7, 11) is 0. The van der Waals surface area contributed by atoms with Gasteiger partial charge in [-0.3, -0.25) is 0 Å². The van der Waals surface area contributed by atoms with Gasteiger partial charge < -0.3 is 5.32 Å². The van der Waals surface area contributed by atoms with Gasteiger partial charge in [-0.25, -0.2) is 0 Å². The van der Waals surface area contributed by atoms with Crippen molar-refractivity contribution in [3.8, 4) is 0 Å².